The zero-order valence-corrected chi connectivity index (χ0v) is 14.3. The standard InChI is InChI=1S/C17H20BrNS/c1-3-11-19-13(2)7-8-16-9-10-17(20-16)14-5-4-6-15(18)12-14/h4-10,12-13,19H,3,11H2,1-2H3/b8-7+. The third-order valence-electron chi connectivity index (χ3n) is 3.00. The van der Waals surface area contributed by atoms with Crippen molar-refractivity contribution < 1.29 is 0 Å². The topological polar surface area (TPSA) is 12.0 Å². The molecule has 0 saturated carbocycles. The van der Waals surface area contributed by atoms with E-state index in [1.54, 1.807) is 0 Å². The summed E-state index contributed by atoms with van der Waals surface area (Å²) in [6, 6.07) is 13.2. The number of halogens is 1. The summed E-state index contributed by atoms with van der Waals surface area (Å²) >= 11 is 5.35. The van der Waals surface area contributed by atoms with Gasteiger partial charge in [0, 0.05) is 20.3 Å². The molecule has 0 aliphatic heterocycles. The molecule has 0 aliphatic rings. The van der Waals surface area contributed by atoms with Crippen molar-refractivity contribution in [3.05, 3.63) is 51.8 Å². The molecule has 1 heterocycles. The molecule has 1 unspecified atom stereocenters. The molecule has 1 aromatic carbocycles. The van der Waals surface area contributed by atoms with Crippen molar-refractivity contribution >= 4 is 33.3 Å². The summed E-state index contributed by atoms with van der Waals surface area (Å²) in [7, 11) is 0. The van der Waals surface area contributed by atoms with E-state index in [1.165, 1.54) is 21.7 Å². The van der Waals surface area contributed by atoms with Crippen molar-refractivity contribution in [3.8, 4) is 10.4 Å². The van der Waals surface area contributed by atoms with E-state index in [4.69, 9.17) is 0 Å². The Morgan fingerprint density at radius 3 is 2.90 bits per heavy atom. The molecule has 1 N–H and O–H groups in total. The SMILES string of the molecule is CCCNC(C)/C=C/c1ccc(-c2cccc(Br)c2)s1. The number of hydrogen-bond acceptors (Lipinski definition) is 2. The second-order valence-corrected chi connectivity index (χ2v) is 6.85. The average molecular weight is 350 g/mol. The van der Waals surface area contributed by atoms with Crippen molar-refractivity contribution in [2.45, 2.75) is 26.3 Å². The molecule has 3 heteroatoms. The quantitative estimate of drug-likeness (QED) is 0.717. The Morgan fingerprint density at radius 2 is 2.15 bits per heavy atom. The highest BCUT2D eigenvalue weighted by molar-refractivity contribution is 9.10. The van der Waals surface area contributed by atoms with Crippen LogP contribution in [0.5, 0.6) is 0 Å². The normalized spacial score (nSPS) is 12.9. The van der Waals surface area contributed by atoms with E-state index in [1.807, 2.05) is 11.3 Å². The molecule has 20 heavy (non-hydrogen) atoms. The van der Waals surface area contributed by atoms with Gasteiger partial charge in [-0.3, -0.25) is 0 Å². The zero-order chi connectivity index (χ0) is 14.4. The molecule has 0 radical (unpaired) electrons. The van der Waals surface area contributed by atoms with Crippen LogP contribution in [0, 0.1) is 0 Å². The Balaban J connectivity index is 2.04. The fourth-order valence-corrected chi connectivity index (χ4v) is 3.24. The maximum atomic E-state index is 3.52. The van der Waals surface area contributed by atoms with E-state index < -0.39 is 0 Å². The summed E-state index contributed by atoms with van der Waals surface area (Å²) < 4.78 is 1.12. The second kappa shape index (κ2) is 7.77. The lowest BCUT2D eigenvalue weighted by molar-refractivity contribution is 0.625. The minimum Gasteiger partial charge on any atom is -0.311 e. The summed E-state index contributed by atoms with van der Waals surface area (Å²) in [6.45, 7) is 5.45. The van der Waals surface area contributed by atoms with Crippen molar-refractivity contribution in [1.82, 2.24) is 5.32 Å². The summed E-state index contributed by atoms with van der Waals surface area (Å²) in [4.78, 5) is 2.60. The molecule has 1 aromatic heterocycles. The Morgan fingerprint density at radius 1 is 1.30 bits per heavy atom. The van der Waals surface area contributed by atoms with Gasteiger partial charge >= 0.3 is 0 Å². The third-order valence-corrected chi connectivity index (χ3v) is 4.59. The van der Waals surface area contributed by atoms with Gasteiger partial charge in [0.15, 0.2) is 0 Å². The largest absolute Gasteiger partial charge is 0.311 e. The first-order valence-corrected chi connectivity index (χ1v) is 8.57. The van der Waals surface area contributed by atoms with Gasteiger partial charge in [-0.1, -0.05) is 41.1 Å². The van der Waals surface area contributed by atoms with Gasteiger partial charge in [0.05, 0.1) is 0 Å². The first-order valence-electron chi connectivity index (χ1n) is 6.96. The third kappa shape index (κ3) is 4.58. The van der Waals surface area contributed by atoms with Crippen molar-refractivity contribution in [2.24, 2.45) is 0 Å². The minimum absolute atomic E-state index is 0.423. The number of hydrogen-bond donors (Lipinski definition) is 1. The Kier molecular flexibility index (Phi) is 6.02. The highest BCUT2D eigenvalue weighted by Gasteiger charge is 2.02. The van der Waals surface area contributed by atoms with Gasteiger partial charge in [0.1, 0.15) is 0 Å². The smallest absolute Gasteiger partial charge is 0.0349 e. The monoisotopic (exact) mass is 349 g/mol. The van der Waals surface area contributed by atoms with Crippen LogP contribution in [0.15, 0.2) is 46.9 Å². The number of benzene rings is 1. The lowest BCUT2D eigenvalue weighted by Crippen LogP contribution is -2.24. The number of nitrogens with one attached hydrogen (secondary N) is 1. The molecule has 106 valence electrons. The van der Waals surface area contributed by atoms with Crippen LogP contribution in [0.2, 0.25) is 0 Å². The summed E-state index contributed by atoms with van der Waals surface area (Å²) in [6.07, 6.45) is 5.61. The van der Waals surface area contributed by atoms with E-state index in [-0.39, 0.29) is 0 Å². The fraction of sp³-hybridized carbons (Fsp3) is 0.294. The highest BCUT2D eigenvalue weighted by atomic mass is 79.9. The summed E-state index contributed by atoms with van der Waals surface area (Å²) in [5.41, 5.74) is 1.26. The van der Waals surface area contributed by atoms with Gasteiger partial charge in [0.2, 0.25) is 0 Å². The van der Waals surface area contributed by atoms with Crippen LogP contribution in [0.25, 0.3) is 16.5 Å². The average Bonchev–Trinajstić information content (AvgIpc) is 2.92. The molecule has 2 aromatic rings. The summed E-state index contributed by atoms with van der Waals surface area (Å²) in [5.74, 6) is 0. The Hall–Kier alpha value is -0.900. The van der Waals surface area contributed by atoms with Gasteiger partial charge in [0.25, 0.3) is 0 Å². The van der Waals surface area contributed by atoms with Crippen LogP contribution in [-0.2, 0) is 0 Å². The molecular weight excluding hydrogens is 330 g/mol. The number of rotatable bonds is 6. The molecule has 0 bridgehead atoms. The van der Waals surface area contributed by atoms with Gasteiger partial charge in [-0.05, 0) is 55.8 Å². The van der Waals surface area contributed by atoms with Crippen LogP contribution >= 0.6 is 27.3 Å². The van der Waals surface area contributed by atoms with Crippen molar-refractivity contribution in [3.63, 3.8) is 0 Å². The van der Waals surface area contributed by atoms with E-state index >= 15 is 0 Å². The van der Waals surface area contributed by atoms with Crippen LogP contribution in [0.4, 0.5) is 0 Å². The van der Waals surface area contributed by atoms with E-state index in [2.05, 4.69) is 83.6 Å². The van der Waals surface area contributed by atoms with Gasteiger partial charge in [-0.15, -0.1) is 11.3 Å². The molecule has 0 amide bonds. The van der Waals surface area contributed by atoms with Gasteiger partial charge < -0.3 is 5.32 Å². The second-order valence-electron chi connectivity index (χ2n) is 4.81. The van der Waals surface area contributed by atoms with Crippen LogP contribution in [0.1, 0.15) is 25.1 Å². The van der Waals surface area contributed by atoms with Crippen molar-refractivity contribution in [1.29, 1.82) is 0 Å². The first-order chi connectivity index (χ1) is 9.69. The van der Waals surface area contributed by atoms with Gasteiger partial charge in [-0.2, -0.15) is 0 Å². The molecule has 0 aliphatic carbocycles. The molecule has 1 atom stereocenters. The molecule has 0 saturated heterocycles. The maximum absolute atomic E-state index is 3.52. The van der Waals surface area contributed by atoms with Crippen LogP contribution < -0.4 is 5.32 Å². The summed E-state index contributed by atoms with van der Waals surface area (Å²) in [5, 5.41) is 3.46. The number of thiophene rings is 1. The predicted octanol–water partition coefficient (Wildman–Crippen LogP) is 5.58. The Bertz CT molecular complexity index is 574. The van der Waals surface area contributed by atoms with Gasteiger partial charge in [-0.25, -0.2) is 0 Å². The first kappa shape index (κ1) is 15.5. The van der Waals surface area contributed by atoms with E-state index in [0.29, 0.717) is 6.04 Å². The molecule has 0 spiro atoms. The van der Waals surface area contributed by atoms with Crippen molar-refractivity contribution in [2.75, 3.05) is 6.54 Å². The maximum Gasteiger partial charge on any atom is 0.0349 e. The Labute approximate surface area is 133 Å². The van der Waals surface area contributed by atoms with E-state index in [9.17, 15) is 0 Å². The minimum atomic E-state index is 0.423. The highest BCUT2D eigenvalue weighted by Crippen LogP contribution is 2.30. The molecular formula is C17H20BrNS. The van der Waals surface area contributed by atoms with E-state index in [0.717, 1.165) is 11.0 Å². The molecule has 1 nitrogen and oxygen atoms in total. The van der Waals surface area contributed by atoms with Crippen LogP contribution in [-0.4, -0.2) is 12.6 Å². The molecule has 0 fully saturated rings. The fourth-order valence-electron chi connectivity index (χ4n) is 1.92. The molecule has 2 rings (SSSR count). The lowest BCUT2D eigenvalue weighted by atomic mass is 10.2. The van der Waals surface area contributed by atoms with Crippen LogP contribution in [0.3, 0.4) is 0 Å². The predicted molar refractivity (Wildman–Crippen MR) is 94.2 cm³/mol. The zero-order valence-electron chi connectivity index (χ0n) is 11.9. The lowest BCUT2D eigenvalue weighted by Gasteiger charge is -2.06.